The fourth-order valence-electron chi connectivity index (χ4n) is 2.87. The molecule has 4 heteroatoms. The van der Waals surface area contributed by atoms with Crippen LogP contribution in [-0.4, -0.2) is 6.54 Å². The van der Waals surface area contributed by atoms with Crippen molar-refractivity contribution in [2.75, 3.05) is 6.54 Å². The number of hydrogen-bond donors (Lipinski definition) is 1. The van der Waals surface area contributed by atoms with E-state index in [1.807, 2.05) is 11.3 Å². The van der Waals surface area contributed by atoms with Gasteiger partial charge in [0.1, 0.15) is 0 Å². The van der Waals surface area contributed by atoms with Gasteiger partial charge in [-0.25, -0.2) is 0 Å². The molecule has 3 unspecified atom stereocenters. The number of benzene rings is 1. The van der Waals surface area contributed by atoms with Crippen LogP contribution in [0.15, 0.2) is 44.7 Å². The zero-order valence-corrected chi connectivity index (χ0v) is 15.3. The average Bonchev–Trinajstić information content (AvgIpc) is 3.18. The molecule has 3 rings (SSSR count). The van der Waals surface area contributed by atoms with E-state index in [4.69, 9.17) is 0 Å². The third-order valence-electron chi connectivity index (χ3n) is 3.89. The minimum absolute atomic E-state index is 0.470. The minimum atomic E-state index is 0.470. The molecule has 1 aromatic heterocycles. The van der Waals surface area contributed by atoms with Crippen molar-refractivity contribution in [3.63, 3.8) is 0 Å². The fourth-order valence-corrected chi connectivity index (χ4v) is 5.11. The van der Waals surface area contributed by atoms with Crippen LogP contribution in [-0.2, 0) is 0 Å². The maximum atomic E-state index is 3.67. The first-order valence-corrected chi connectivity index (χ1v) is 9.34. The Kier molecular flexibility index (Phi) is 4.65. The third kappa shape index (κ3) is 3.03. The number of nitrogens with one attached hydrogen (secondary N) is 1. The lowest BCUT2D eigenvalue weighted by Gasteiger charge is -2.16. The molecule has 0 spiro atoms. The average molecular weight is 415 g/mol. The van der Waals surface area contributed by atoms with Gasteiger partial charge < -0.3 is 5.32 Å². The van der Waals surface area contributed by atoms with Crippen molar-refractivity contribution in [3.8, 4) is 0 Å². The Morgan fingerprint density at radius 2 is 2.05 bits per heavy atom. The molecule has 20 heavy (non-hydrogen) atoms. The summed E-state index contributed by atoms with van der Waals surface area (Å²) < 4.78 is 2.35. The smallest absolute Gasteiger partial charge is 0.0843 e. The van der Waals surface area contributed by atoms with Gasteiger partial charge in [-0.15, -0.1) is 11.3 Å². The van der Waals surface area contributed by atoms with Gasteiger partial charge >= 0.3 is 0 Å². The number of rotatable bonds is 5. The molecule has 0 amide bonds. The van der Waals surface area contributed by atoms with Gasteiger partial charge in [-0.2, -0.15) is 0 Å². The van der Waals surface area contributed by atoms with Crippen molar-refractivity contribution in [1.82, 2.24) is 5.32 Å². The monoisotopic (exact) mass is 413 g/mol. The summed E-state index contributed by atoms with van der Waals surface area (Å²) in [5.41, 5.74) is 1.48. The second-order valence-corrected chi connectivity index (χ2v) is 8.48. The van der Waals surface area contributed by atoms with E-state index in [1.54, 1.807) is 0 Å². The van der Waals surface area contributed by atoms with Gasteiger partial charge in [-0.3, -0.25) is 0 Å². The van der Waals surface area contributed by atoms with E-state index in [1.165, 1.54) is 20.6 Å². The molecule has 1 heterocycles. The Labute approximate surface area is 141 Å². The SMILES string of the molecule is CCNC(c1cc(Br)c(Br)s1)C1CC1c1ccccc1. The lowest BCUT2D eigenvalue weighted by Crippen LogP contribution is -2.22. The van der Waals surface area contributed by atoms with Crippen LogP contribution in [0, 0.1) is 5.92 Å². The molecule has 1 aliphatic rings. The molecule has 0 bridgehead atoms. The summed E-state index contributed by atoms with van der Waals surface area (Å²) in [5.74, 6) is 1.43. The fraction of sp³-hybridized carbons (Fsp3) is 0.375. The summed E-state index contributed by atoms with van der Waals surface area (Å²) in [6.07, 6.45) is 1.29. The Balaban J connectivity index is 1.79. The summed E-state index contributed by atoms with van der Waals surface area (Å²) in [6.45, 7) is 3.19. The normalized spacial score (nSPS) is 22.8. The first kappa shape index (κ1) is 14.8. The van der Waals surface area contributed by atoms with Gasteiger partial charge in [-0.05, 0) is 68.3 Å². The summed E-state index contributed by atoms with van der Waals surface area (Å²) >= 11 is 9.04. The maximum Gasteiger partial charge on any atom is 0.0843 e. The first-order chi connectivity index (χ1) is 9.70. The van der Waals surface area contributed by atoms with Gasteiger partial charge in [0.05, 0.1) is 3.79 Å². The lowest BCUT2D eigenvalue weighted by molar-refractivity contribution is 0.494. The predicted octanol–water partition coefficient (Wildman–Crippen LogP) is 5.73. The molecule has 1 nitrogen and oxygen atoms in total. The molecular formula is C16H17Br2NS. The van der Waals surface area contributed by atoms with E-state index in [9.17, 15) is 0 Å². The van der Waals surface area contributed by atoms with Crippen molar-refractivity contribution in [2.45, 2.75) is 25.3 Å². The second-order valence-electron chi connectivity index (χ2n) is 5.22. The molecule has 0 aliphatic heterocycles. The molecule has 1 fully saturated rings. The van der Waals surface area contributed by atoms with E-state index in [2.05, 4.69) is 80.5 Å². The summed E-state index contributed by atoms with van der Waals surface area (Å²) in [5, 5.41) is 3.67. The van der Waals surface area contributed by atoms with Crippen LogP contribution in [0.2, 0.25) is 0 Å². The molecule has 0 saturated heterocycles. The van der Waals surface area contributed by atoms with Gasteiger partial charge in [0.15, 0.2) is 0 Å². The van der Waals surface area contributed by atoms with E-state index in [-0.39, 0.29) is 0 Å². The molecule has 1 saturated carbocycles. The molecule has 106 valence electrons. The highest BCUT2D eigenvalue weighted by Gasteiger charge is 2.44. The topological polar surface area (TPSA) is 12.0 Å². The lowest BCUT2D eigenvalue weighted by atomic mass is 10.0. The number of hydrogen-bond acceptors (Lipinski definition) is 2. The van der Waals surface area contributed by atoms with Crippen molar-refractivity contribution in [2.24, 2.45) is 5.92 Å². The van der Waals surface area contributed by atoms with Gasteiger partial charge in [0.2, 0.25) is 0 Å². The maximum absolute atomic E-state index is 3.67. The zero-order valence-electron chi connectivity index (χ0n) is 11.3. The van der Waals surface area contributed by atoms with Crippen LogP contribution >= 0.6 is 43.2 Å². The summed E-state index contributed by atoms with van der Waals surface area (Å²) in [4.78, 5) is 1.43. The van der Waals surface area contributed by atoms with Crippen molar-refractivity contribution in [3.05, 3.63) is 55.1 Å². The van der Waals surface area contributed by atoms with Gasteiger partial charge in [0, 0.05) is 15.4 Å². The zero-order chi connectivity index (χ0) is 14.1. The highest BCUT2D eigenvalue weighted by Crippen LogP contribution is 2.55. The van der Waals surface area contributed by atoms with Crippen molar-refractivity contribution < 1.29 is 0 Å². The Bertz CT molecular complexity index is 562. The number of halogens is 2. The molecule has 1 aliphatic carbocycles. The summed E-state index contributed by atoms with van der Waals surface area (Å²) in [7, 11) is 0. The standard InChI is InChI=1S/C16H17Br2NS/c1-2-19-15(14-9-13(17)16(18)20-14)12-8-11(12)10-6-4-3-5-7-10/h3-7,9,11-12,15,19H,2,8H2,1H3. The van der Waals surface area contributed by atoms with Crippen LogP contribution in [0.25, 0.3) is 0 Å². The van der Waals surface area contributed by atoms with E-state index >= 15 is 0 Å². The first-order valence-electron chi connectivity index (χ1n) is 6.93. The van der Waals surface area contributed by atoms with E-state index < -0.39 is 0 Å². The Morgan fingerprint density at radius 1 is 1.30 bits per heavy atom. The van der Waals surface area contributed by atoms with Crippen LogP contribution in [0.3, 0.4) is 0 Å². The van der Waals surface area contributed by atoms with Crippen molar-refractivity contribution >= 4 is 43.2 Å². The van der Waals surface area contributed by atoms with Crippen molar-refractivity contribution in [1.29, 1.82) is 0 Å². The Morgan fingerprint density at radius 3 is 2.65 bits per heavy atom. The second kappa shape index (κ2) is 6.30. The minimum Gasteiger partial charge on any atom is -0.309 e. The molecule has 0 radical (unpaired) electrons. The van der Waals surface area contributed by atoms with Gasteiger partial charge in [-0.1, -0.05) is 37.3 Å². The summed E-state index contributed by atoms with van der Waals surface area (Å²) in [6, 6.07) is 13.6. The molecule has 1 N–H and O–H groups in total. The highest BCUT2D eigenvalue weighted by molar-refractivity contribution is 9.13. The van der Waals surface area contributed by atoms with E-state index in [0.717, 1.165) is 16.9 Å². The highest BCUT2D eigenvalue weighted by atomic mass is 79.9. The third-order valence-corrected chi connectivity index (χ3v) is 7.23. The van der Waals surface area contributed by atoms with Gasteiger partial charge in [0.25, 0.3) is 0 Å². The van der Waals surface area contributed by atoms with Crippen LogP contribution < -0.4 is 5.32 Å². The van der Waals surface area contributed by atoms with Crippen LogP contribution in [0.4, 0.5) is 0 Å². The molecule has 3 atom stereocenters. The molecule has 2 aromatic rings. The van der Waals surface area contributed by atoms with Crippen LogP contribution in [0.1, 0.15) is 35.7 Å². The predicted molar refractivity (Wildman–Crippen MR) is 93.4 cm³/mol. The van der Waals surface area contributed by atoms with Crippen LogP contribution in [0.5, 0.6) is 0 Å². The molecule has 1 aromatic carbocycles. The number of thiophene rings is 1. The molecular weight excluding hydrogens is 398 g/mol. The largest absolute Gasteiger partial charge is 0.309 e. The van der Waals surface area contributed by atoms with E-state index in [0.29, 0.717) is 12.0 Å². The Hall–Kier alpha value is -0.160. The quantitative estimate of drug-likeness (QED) is 0.658.